The molecule has 1 saturated heterocycles. The van der Waals surface area contributed by atoms with Crippen LogP contribution in [0.5, 0.6) is 17.2 Å². The highest BCUT2D eigenvalue weighted by atomic mass is 35.5. The first-order chi connectivity index (χ1) is 14.6. The normalized spacial score (nSPS) is 15.6. The van der Waals surface area contributed by atoms with E-state index in [1.54, 1.807) is 18.2 Å². The molecule has 164 valence electrons. The minimum atomic E-state index is -4.67. The van der Waals surface area contributed by atoms with Crippen molar-refractivity contribution in [2.45, 2.75) is 6.18 Å². The number of ether oxygens (including phenoxy) is 3. The second-order valence-corrected chi connectivity index (χ2v) is 8.22. The first kappa shape index (κ1) is 23.2. The minimum Gasteiger partial charge on any atom is -0.493 e. The zero-order chi connectivity index (χ0) is 22.9. The number of carbonyl (C=O) groups excluding carboxylic acids is 1. The molecule has 11 heteroatoms. The maximum Gasteiger partial charge on any atom is 0.417 e. The molecule has 5 nitrogen and oxygen atoms in total. The number of alkyl halides is 3. The average Bonchev–Trinajstić information content (AvgIpc) is 2.99. The van der Waals surface area contributed by atoms with Crippen molar-refractivity contribution >= 4 is 57.6 Å². The molecule has 3 rings (SSSR count). The van der Waals surface area contributed by atoms with Crippen molar-refractivity contribution in [3.8, 4) is 17.2 Å². The van der Waals surface area contributed by atoms with E-state index in [1.165, 1.54) is 27.4 Å². The Morgan fingerprint density at radius 3 is 2.19 bits per heavy atom. The summed E-state index contributed by atoms with van der Waals surface area (Å²) in [6.07, 6.45) is -3.12. The standard InChI is InChI=1S/C20H15ClF3NO4S2/c1-27-14-6-10(7-15(28-2)17(14)29-3)8-16-18(26)25(19(30)31-16)11-4-5-13(21)12(9-11)20(22,23)24/h4-9H,1-3H3. The molecule has 0 N–H and O–H groups in total. The van der Waals surface area contributed by atoms with Gasteiger partial charge in [-0.2, -0.15) is 13.2 Å². The third-order valence-corrected chi connectivity index (χ3v) is 5.92. The Bertz CT molecular complexity index is 1060. The number of thioether (sulfide) groups is 1. The number of halogens is 4. The molecule has 2 aromatic carbocycles. The number of hydrogen-bond acceptors (Lipinski definition) is 6. The second kappa shape index (κ2) is 8.97. The van der Waals surface area contributed by atoms with Gasteiger partial charge in [-0.05, 0) is 42.0 Å². The Morgan fingerprint density at radius 1 is 1.06 bits per heavy atom. The molecule has 1 fully saturated rings. The van der Waals surface area contributed by atoms with Gasteiger partial charge in [0.15, 0.2) is 15.8 Å². The topological polar surface area (TPSA) is 48.0 Å². The SMILES string of the molecule is COc1cc(C=C2SC(=S)N(c3ccc(Cl)c(C(F)(F)F)c3)C2=O)cc(OC)c1OC. The lowest BCUT2D eigenvalue weighted by Crippen LogP contribution is -2.27. The van der Waals surface area contributed by atoms with Crippen molar-refractivity contribution in [2.24, 2.45) is 0 Å². The van der Waals surface area contributed by atoms with Gasteiger partial charge in [0.2, 0.25) is 5.75 Å². The Labute approximate surface area is 190 Å². The van der Waals surface area contributed by atoms with Gasteiger partial charge in [-0.3, -0.25) is 9.69 Å². The molecule has 1 aliphatic rings. The lowest BCUT2D eigenvalue weighted by atomic mass is 10.1. The Balaban J connectivity index is 2.00. The van der Waals surface area contributed by atoms with Gasteiger partial charge in [-0.15, -0.1) is 0 Å². The van der Waals surface area contributed by atoms with Crippen LogP contribution in [0.2, 0.25) is 5.02 Å². The van der Waals surface area contributed by atoms with Crippen LogP contribution in [-0.4, -0.2) is 31.6 Å². The zero-order valence-corrected chi connectivity index (χ0v) is 18.8. The number of anilines is 1. The molecule has 2 aromatic rings. The molecule has 31 heavy (non-hydrogen) atoms. The smallest absolute Gasteiger partial charge is 0.417 e. The number of amides is 1. The second-order valence-electron chi connectivity index (χ2n) is 6.14. The summed E-state index contributed by atoms with van der Waals surface area (Å²) in [5.41, 5.74) is -0.510. The summed E-state index contributed by atoms with van der Waals surface area (Å²) in [4.78, 5) is 14.2. The van der Waals surface area contributed by atoms with Crippen molar-refractivity contribution in [3.63, 3.8) is 0 Å². The van der Waals surface area contributed by atoms with Crippen LogP contribution in [0.25, 0.3) is 6.08 Å². The Hall–Kier alpha value is -2.43. The van der Waals surface area contributed by atoms with Crippen LogP contribution in [0, 0.1) is 0 Å². The van der Waals surface area contributed by atoms with Crippen molar-refractivity contribution in [1.29, 1.82) is 0 Å². The molecule has 0 bridgehead atoms. The summed E-state index contributed by atoms with van der Waals surface area (Å²) in [7, 11) is 4.38. The summed E-state index contributed by atoms with van der Waals surface area (Å²) in [5, 5.41) is -0.463. The van der Waals surface area contributed by atoms with Gasteiger partial charge in [0, 0.05) is 0 Å². The molecule has 0 spiro atoms. The predicted molar refractivity (Wildman–Crippen MR) is 118 cm³/mol. The maximum atomic E-state index is 13.2. The molecular formula is C20H15ClF3NO4S2. The van der Waals surface area contributed by atoms with Crippen molar-refractivity contribution in [1.82, 2.24) is 0 Å². The van der Waals surface area contributed by atoms with Gasteiger partial charge in [0.1, 0.15) is 0 Å². The van der Waals surface area contributed by atoms with Gasteiger partial charge in [-0.1, -0.05) is 35.6 Å². The molecule has 0 aromatic heterocycles. The van der Waals surface area contributed by atoms with Crippen LogP contribution in [-0.2, 0) is 11.0 Å². The lowest BCUT2D eigenvalue weighted by Gasteiger charge is -2.17. The van der Waals surface area contributed by atoms with Crippen LogP contribution >= 0.6 is 35.6 Å². The molecule has 0 radical (unpaired) electrons. The van der Waals surface area contributed by atoms with E-state index in [9.17, 15) is 18.0 Å². The van der Waals surface area contributed by atoms with E-state index in [0.717, 1.165) is 28.8 Å². The number of carbonyl (C=O) groups is 1. The first-order valence-corrected chi connectivity index (χ1v) is 10.2. The van der Waals surface area contributed by atoms with E-state index in [2.05, 4.69) is 0 Å². The first-order valence-electron chi connectivity index (χ1n) is 8.55. The quantitative estimate of drug-likeness (QED) is 0.391. The number of rotatable bonds is 5. The number of hydrogen-bond donors (Lipinski definition) is 0. The molecular weight excluding hydrogens is 475 g/mol. The fraction of sp³-hybridized carbons (Fsp3) is 0.200. The fourth-order valence-corrected chi connectivity index (χ4v) is 4.42. The summed E-state index contributed by atoms with van der Waals surface area (Å²) in [5.74, 6) is 0.599. The summed E-state index contributed by atoms with van der Waals surface area (Å²) in [6, 6.07) is 6.47. The number of methoxy groups -OCH3 is 3. The van der Waals surface area contributed by atoms with Crippen LogP contribution in [0.1, 0.15) is 11.1 Å². The van der Waals surface area contributed by atoms with Gasteiger partial charge in [0.05, 0.1) is 42.5 Å². The molecule has 0 aliphatic carbocycles. The van der Waals surface area contributed by atoms with Crippen molar-refractivity contribution in [3.05, 3.63) is 51.4 Å². The van der Waals surface area contributed by atoms with E-state index in [4.69, 9.17) is 38.0 Å². The maximum absolute atomic E-state index is 13.2. The van der Waals surface area contributed by atoms with Crippen molar-refractivity contribution in [2.75, 3.05) is 26.2 Å². The van der Waals surface area contributed by atoms with E-state index >= 15 is 0 Å². The van der Waals surface area contributed by atoms with Crippen molar-refractivity contribution < 1.29 is 32.2 Å². The van der Waals surface area contributed by atoms with Crippen LogP contribution in [0.15, 0.2) is 35.2 Å². The van der Waals surface area contributed by atoms with E-state index in [0.29, 0.717) is 22.8 Å². The highest BCUT2D eigenvalue weighted by molar-refractivity contribution is 8.27. The highest BCUT2D eigenvalue weighted by Crippen LogP contribution is 2.42. The summed E-state index contributed by atoms with van der Waals surface area (Å²) >= 11 is 11.9. The minimum absolute atomic E-state index is 0.0208. The molecule has 0 saturated carbocycles. The lowest BCUT2D eigenvalue weighted by molar-refractivity contribution is -0.137. The number of thiocarbonyl (C=S) groups is 1. The molecule has 0 unspecified atom stereocenters. The third kappa shape index (κ3) is 4.60. The van der Waals surface area contributed by atoms with Gasteiger partial charge in [-0.25, -0.2) is 0 Å². The monoisotopic (exact) mass is 489 g/mol. The van der Waals surface area contributed by atoms with Gasteiger partial charge in [0.25, 0.3) is 5.91 Å². The van der Waals surface area contributed by atoms with Gasteiger partial charge >= 0.3 is 6.18 Å². The predicted octanol–water partition coefficient (Wildman–Crippen LogP) is 5.79. The van der Waals surface area contributed by atoms with Crippen LogP contribution < -0.4 is 19.1 Å². The number of nitrogens with zero attached hydrogens (tertiary/aromatic N) is 1. The fourth-order valence-electron chi connectivity index (χ4n) is 2.90. The van der Waals surface area contributed by atoms with Crippen LogP contribution in [0.4, 0.5) is 18.9 Å². The summed E-state index contributed by atoms with van der Waals surface area (Å²) < 4.78 is 55.6. The van der Waals surface area contributed by atoms with E-state index in [-0.39, 0.29) is 14.9 Å². The molecule has 0 atom stereocenters. The van der Waals surface area contributed by atoms with Crippen LogP contribution in [0.3, 0.4) is 0 Å². The van der Waals surface area contributed by atoms with Gasteiger partial charge < -0.3 is 14.2 Å². The average molecular weight is 490 g/mol. The molecule has 1 aliphatic heterocycles. The summed E-state index contributed by atoms with van der Waals surface area (Å²) in [6.45, 7) is 0. The number of benzene rings is 2. The van der Waals surface area contributed by atoms with E-state index in [1.807, 2.05) is 0 Å². The molecule has 1 heterocycles. The largest absolute Gasteiger partial charge is 0.493 e. The Kier molecular flexibility index (Phi) is 6.73. The third-order valence-electron chi connectivity index (χ3n) is 4.29. The van der Waals surface area contributed by atoms with E-state index < -0.39 is 22.7 Å². The molecule has 1 amide bonds. The zero-order valence-electron chi connectivity index (χ0n) is 16.4. The Morgan fingerprint density at radius 2 is 1.68 bits per heavy atom. The highest BCUT2D eigenvalue weighted by Gasteiger charge is 2.37.